The van der Waals surface area contributed by atoms with Crippen LogP contribution in [-0.4, -0.2) is 28.8 Å². The molecule has 0 aliphatic rings. The van der Waals surface area contributed by atoms with Gasteiger partial charge in [-0.3, -0.25) is 25.0 Å². The number of hydrogen-bond donors (Lipinski definition) is 1. The minimum absolute atomic E-state index is 0.00396. The number of non-ortho nitro benzene ring substituents is 1. The lowest BCUT2D eigenvalue weighted by atomic mass is 10.0. The quantitative estimate of drug-likeness (QED) is 0.491. The van der Waals surface area contributed by atoms with Gasteiger partial charge in [-0.05, 0) is 31.2 Å². The Morgan fingerprint density at radius 3 is 2.15 bits per heavy atom. The van der Waals surface area contributed by atoms with E-state index in [2.05, 4.69) is 10.1 Å². The van der Waals surface area contributed by atoms with E-state index in [4.69, 9.17) is 0 Å². The Morgan fingerprint density at radius 2 is 1.65 bits per heavy atom. The Balaban J connectivity index is 2.36. The molecule has 0 aliphatic carbocycles. The molecule has 2 aromatic rings. The van der Waals surface area contributed by atoms with Gasteiger partial charge >= 0.3 is 5.97 Å². The van der Waals surface area contributed by atoms with E-state index in [0.29, 0.717) is 5.69 Å². The van der Waals surface area contributed by atoms with E-state index >= 15 is 0 Å². The predicted octanol–water partition coefficient (Wildman–Crippen LogP) is 2.85. The van der Waals surface area contributed by atoms with Gasteiger partial charge in [-0.25, -0.2) is 4.79 Å². The number of benzene rings is 2. The van der Waals surface area contributed by atoms with Gasteiger partial charge in [-0.1, -0.05) is 0 Å². The molecule has 10 heteroatoms. The first-order valence-corrected chi connectivity index (χ1v) is 7.17. The van der Waals surface area contributed by atoms with Crippen LogP contribution in [0, 0.1) is 27.2 Å². The van der Waals surface area contributed by atoms with Gasteiger partial charge in [0, 0.05) is 17.3 Å². The lowest BCUT2D eigenvalue weighted by Gasteiger charge is -2.09. The molecule has 0 bridgehead atoms. The zero-order valence-corrected chi connectivity index (χ0v) is 13.7. The van der Waals surface area contributed by atoms with Crippen LogP contribution in [0.15, 0.2) is 36.4 Å². The van der Waals surface area contributed by atoms with Gasteiger partial charge < -0.3 is 10.1 Å². The average molecular weight is 359 g/mol. The van der Waals surface area contributed by atoms with Crippen molar-refractivity contribution in [3.05, 3.63) is 73.3 Å². The van der Waals surface area contributed by atoms with Gasteiger partial charge in [0.2, 0.25) is 0 Å². The number of methoxy groups -OCH3 is 1. The van der Waals surface area contributed by atoms with Crippen LogP contribution in [0.25, 0.3) is 0 Å². The number of nitro groups is 2. The van der Waals surface area contributed by atoms with Gasteiger partial charge in [-0.15, -0.1) is 0 Å². The topological polar surface area (TPSA) is 142 Å². The largest absolute Gasteiger partial charge is 0.465 e. The molecule has 0 atom stereocenters. The number of nitro benzene ring substituents is 2. The third-order valence-corrected chi connectivity index (χ3v) is 3.58. The van der Waals surface area contributed by atoms with Gasteiger partial charge in [0.15, 0.2) is 0 Å². The van der Waals surface area contributed by atoms with Gasteiger partial charge in [0.1, 0.15) is 0 Å². The van der Waals surface area contributed by atoms with E-state index in [9.17, 15) is 29.8 Å². The summed E-state index contributed by atoms with van der Waals surface area (Å²) in [6, 6.07) is 7.49. The Bertz CT molecular complexity index is 907. The maximum absolute atomic E-state index is 12.4. The van der Waals surface area contributed by atoms with E-state index < -0.39 is 33.1 Å². The number of carbonyl (C=O) groups excluding carboxylic acids is 2. The molecular formula is C16H13N3O7. The fourth-order valence-corrected chi connectivity index (χ4v) is 2.22. The van der Waals surface area contributed by atoms with Crippen LogP contribution in [0.2, 0.25) is 0 Å². The smallest absolute Gasteiger partial charge is 0.337 e. The summed E-state index contributed by atoms with van der Waals surface area (Å²) in [5.74, 6) is -1.30. The lowest BCUT2D eigenvalue weighted by Crippen LogP contribution is -2.15. The molecule has 0 aliphatic heterocycles. The van der Waals surface area contributed by atoms with Crippen molar-refractivity contribution in [2.75, 3.05) is 12.4 Å². The molecule has 0 spiro atoms. The molecule has 0 aromatic heterocycles. The van der Waals surface area contributed by atoms with Gasteiger partial charge in [-0.2, -0.15) is 0 Å². The predicted molar refractivity (Wildman–Crippen MR) is 90.2 cm³/mol. The van der Waals surface area contributed by atoms with Crippen molar-refractivity contribution in [1.82, 2.24) is 0 Å². The van der Waals surface area contributed by atoms with Crippen LogP contribution in [0.1, 0.15) is 26.3 Å². The summed E-state index contributed by atoms with van der Waals surface area (Å²) in [6.45, 7) is 1.33. The van der Waals surface area contributed by atoms with Crippen LogP contribution >= 0.6 is 0 Å². The van der Waals surface area contributed by atoms with Gasteiger partial charge in [0.05, 0.1) is 34.1 Å². The normalized spacial score (nSPS) is 10.1. The molecule has 0 saturated heterocycles. The number of nitrogens with zero attached hydrogens (tertiary/aromatic N) is 2. The van der Waals surface area contributed by atoms with E-state index in [1.807, 2.05) is 0 Å². The molecule has 1 N–H and O–H groups in total. The number of hydrogen-bond acceptors (Lipinski definition) is 7. The number of carbonyl (C=O) groups is 2. The van der Waals surface area contributed by atoms with Crippen molar-refractivity contribution in [2.45, 2.75) is 6.92 Å². The Hall–Kier alpha value is -3.82. The van der Waals surface area contributed by atoms with Crippen LogP contribution in [0.4, 0.5) is 17.1 Å². The zero-order chi connectivity index (χ0) is 19.4. The summed E-state index contributed by atoms with van der Waals surface area (Å²) < 4.78 is 4.56. The third kappa shape index (κ3) is 3.80. The Morgan fingerprint density at radius 1 is 1.04 bits per heavy atom. The first-order chi connectivity index (χ1) is 12.2. The monoisotopic (exact) mass is 359 g/mol. The number of ether oxygens (including phenoxy) is 1. The highest BCUT2D eigenvalue weighted by atomic mass is 16.6. The van der Waals surface area contributed by atoms with Crippen LogP contribution < -0.4 is 5.32 Å². The van der Waals surface area contributed by atoms with E-state index in [0.717, 1.165) is 12.1 Å². The summed E-state index contributed by atoms with van der Waals surface area (Å²) in [7, 11) is 1.23. The van der Waals surface area contributed by atoms with Crippen molar-refractivity contribution >= 4 is 28.9 Å². The fourth-order valence-electron chi connectivity index (χ4n) is 2.22. The summed E-state index contributed by atoms with van der Waals surface area (Å²) >= 11 is 0. The number of rotatable bonds is 5. The number of nitrogens with one attached hydrogen (secondary N) is 1. The summed E-state index contributed by atoms with van der Waals surface area (Å²) in [4.78, 5) is 44.2. The standard InChI is InChI=1S/C16H13N3O7/c1-9-13(7-12(18(22)23)8-14(9)19(24)25)15(20)17-11-5-3-10(4-6-11)16(21)26-2/h3-8H,1-2H3,(H,17,20). The second-order valence-corrected chi connectivity index (χ2v) is 5.17. The second-order valence-electron chi connectivity index (χ2n) is 5.17. The molecule has 134 valence electrons. The van der Waals surface area contributed by atoms with Crippen LogP contribution in [-0.2, 0) is 4.74 Å². The minimum Gasteiger partial charge on any atom is -0.465 e. The molecule has 0 radical (unpaired) electrons. The summed E-state index contributed by atoms with van der Waals surface area (Å²) in [6.07, 6.45) is 0. The highest BCUT2D eigenvalue weighted by molar-refractivity contribution is 6.06. The molecule has 10 nitrogen and oxygen atoms in total. The third-order valence-electron chi connectivity index (χ3n) is 3.58. The maximum atomic E-state index is 12.4. The highest BCUT2D eigenvalue weighted by Gasteiger charge is 2.24. The van der Waals surface area contributed by atoms with Gasteiger partial charge in [0.25, 0.3) is 17.3 Å². The zero-order valence-electron chi connectivity index (χ0n) is 13.7. The van der Waals surface area contributed by atoms with Crippen LogP contribution in [0.3, 0.4) is 0 Å². The Labute approximate surface area is 146 Å². The minimum atomic E-state index is -0.811. The average Bonchev–Trinajstić information content (AvgIpc) is 2.61. The SMILES string of the molecule is COC(=O)c1ccc(NC(=O)c2cc([N+](=O)[O-])cc([N+](=O)[O-])c2C)cc1. The molecule has 0 unspecified atom stereocenters. The first-order valence-electron chi connectivity index (χ1n) is 7.17. The molecule has 1 amide bonds. The van der Waals surface area contributed by atoms with Crippen molar-refractivity contribution in [3.8, 4) is 0 Å². The fraction of sp³-hybridized carbons (Fsp3) is 0.125. The number of esters is 1. The Kier molecular flexibility index (Phi) is 5.26. The summed E-state index contributed by atoms with van der Waals surface area (Å²) in [5, 5.41) is 24.5. The van der Waals surface area contributed by atoms with Crippen molar-refractivity contribution in [2.24, 2.45) is 0 Å². The number of anilines is 1. The van der Waals surface area contributed by atoms with Crippen molar-refractivity contribution < 1.29 is 24.2 Å². The van der Waals surface area contributed by atoms with Crippen molar-refractivity contribution in [3.63, 3.8) is 0 Å². The van der Waals surface area contributed by atoms with E-state index in [1.165, 1.54) is 38.3 Å². The second kappa shape index (κ2) is 7.38. The molecule has 2 aromatic carbocycles. The summed E-state index contributed by atoms with van der Waals surface area (Å²) in [5.41, 5.74) is -0.699. The molecule has 0 fully saturated rings. The van der Waals surface area contributed by atoms with E-state index in [1.54, 1.807) is 0 Å². The van der Waals surface area contributed by atoms with Crippen LogP contribution in [0.5, 0.6) is 0 Å². The number of amides is 1. The highest BCUT2D eigenvalue weighted by Crippen LogP contribution is 2.28. The molecule has 2 rings (SSSR count). The molecular weight excluding hydrogens is 346 g/mol. The lowest BCUT2D eigenvalue weighted by molar-refractivity contribution is -0.394. The first kappa shape index (κ1) is 18.5. The van der Waals surface area contributed by atoms with Crippen molar-refractivity contribution in [1.29, 1.82) is 0 Å². The maximum Gasteiger partial charge on any atom is 0.337 e. The molecule has 0 saturated carbocycles. The molecule has 26 heavy (non-hydrogen) atoms. The molecule has 0 heterocycles. The van der Waals surface area contributed by atoms with E-state index in [-0.39, 0.29) is 16.7 Å².